The maximum atomic E-state index is 12.8. The summed E-state index contributed by atoms with van der Waals surface area (Å²) in [7, 11) is -0.742. The SMILES string of the molecule is COc1ccc(NC(C)=O)cc1NS(=O)(=O)c1c(C)nn(C)c1C. The molecule has 0 bridgehead atoms. The number of rotatable bonds is 5. The number of sulfonamides is 1. The van der Waals surface area contributed by atoms with Crippen LogP contribution in [0, 0.1) is 13.8 Å². The zero-order valence-corrected chi connectivity index (χ0v) is 15.0. The van der Waals surface area contributed by atoms with Crippen molar-refractivity contribution < 1.29 is 17.9 Å². The third-order valence-corrected chi connectivity index (χ3v) is 5.09. The van der Waals surface area contributed by atoms with Crippen molar-refractivity contribution in [2.45, 2.75) is 25.7 Å². The molecule has 0 aliphatic carbocycles. The van der Waals surface area contributed by atoms with Crippen LogP contribution in [-0.2, 0) is 21.9 Å². The first kappa shape index (κ1) is 17.8. The number of aryl methyl sites for hydroxylation is 2. The lowest BCUT2D eigenvalue weighted by atomic mass is 10.2. The molecule has 0 saturated heterocycles. The average Bonchev–Trinajstić information content (AvgIpc) is 2.71. The van der Waals surface area contributed by atoms with Crippen LogP contribution in [0.2, 0.25) is 0 Å². The van der Waals surface area contributed by atoms with Crippen molar-refractivity contribution in [1.82, 2.24) is 9.78 Å². The van der Waals surface area contributed by atoms with Gasteiger partial charge in [-0.1, -0.05) is 0 Å². The zero-order valence-electron chi connectivity index (χ0n) is 14.2. The Morgan fingerprint density at radius 3 is 2.46 bits per heavy atom. The Morgan fingerprint density at radius 1 is 1.29 bits per heavy atom. The molecule has 24 heavy (non-hydrogen) atoms. The summed E-state index contributed by atoms with van der Waals surface area (Å²) in [5.41, 5.74) is 1.61. The number of carbonyl (C=O) groups is 1. The average molecular weight is 352 g/mol. The van der Waals surface area contributed by atoms with Gasteiger partial charge in [0.25, 0.3) is 10.0 Å². The second-order valence-electron chi connectivity index (χ2n) is 5.33. The first-order valence-corrected chi connectivity index (χ1v) is 8.62. The standard InChI is InChI=1S/C15H20N4O4S/c1-9-15(10(2)19(4)17-9)24(21,22)18-13-8-12(16-11(3)20)6-7-14(13)23-5/h6-8,18H,1-5H3,(H,16,20). The van der Waals surface area contributed by atoms with Crippen LogP contribution >= 0.6 is 0 Å². The molecular weight excluding hydrogens is 332 g/mol. The third kappa shape index (κ3) is 3.51. The van der Waals surface area contributed by atoms with Gasteiger partial charge in [0.05, 0.1) is 24.2 Å². The Balaban J connectivity index is 2.46. The Bertz CT molecular complexity index is 887. The van der Waals surface area contributed by atoms with Crippen molar-refractivity contribution in [3.05, 3.63) is 29.6 Å². The van der Waals surface area contributed by atoms with E-state index in [0.29, 0.717) is 22.8 Å². The van der Waals surface area contributed by atoms with Gasteiger partial charge in [0.2, 0.25) is 5.91 Å². The van der Waals surface area contributed by atoms with E-state index in [2.05, 4.69) is 15.1 Å². The minimum atomic E-state index is -3.86. The summed E-state index contributed by atoms with van der Waals surface area (Å²) in [6.07, 6.45) is 0. The Kier molecular flexibility index (Phi) is 4.83. The lowest BCUT2D eigenvalue weighted by molar-refractivity contribution is -0.114. The highest BCUT2D eigenvalue weighted by Crippen LogP contribution is 2.31. The molecule has 0 spiro atoms. The number of hydrogen-bond donors (Lipinski definition) is 2. The van der Waals surface area contributed by atoms with Gasteiger partial charge in [-0.3, -0.25) is 14.2 Å². The lowest BCUT2D eigenvalue weighted by Gasteiger charge is -2.14. The predicted octanol–water partition coefficient (Wildman–Crippen LogP) is 1.80. The van der Waals surface area contributed by atoms with E-state index in [4.69, 9.17) is 4.74 Å². The number of ether oxygens (including phenoxy) is 1. The summed E-state index contributed by atoms with van der Waals surface area (Å²) in [5, 5.41) is 6.73. The second-order valence-corrected chi connectivity index (χ2v) is 6.94. The molecule has 2 N–H and O–H groups in total. The van der Waals surface area contributed by atoms with Crippen molar-refractivity contribution in [2.24, 2.45) is 7.05 Å². The number of hydrogen-bond acceptors (Lipinski definition) is 5. The van der Waals surface area contributed by atoms with Crippen LogP contribution in [0.4, 0.5) is 11.4 Å². The first-order chi connectivity index (χ1) is 11.2. The summed E-state index contributed by atoms with van der Waals surface area (Å²) in [5.74, 6) is 0.0831. The number of nitrogens with zero attached hydrogens (tertiary/aromatic N) is 2. The highest BCUT2D eigenvalue weighted by Gasteiger charge is 2.25. The van der Waals surface area contributed by atoms with E-state index in [1.54, 1.807) is 33.0 Å². The topological polar surface area (TPSA) is 102 Å². The molecule has 0 saturated carbocycles. The number of benzene rings is 1. The van der Waals surface area contributed by atoms with Crippen molar-refractivity contribution in [1.29, 1.82) is 0 Å². The van der Waals surface area contributed by atoms with Gasteiger partial charge in [0, 0.05) is 19.7 Å². The molecule has 2 aromatic rings. The molecule has 1 aromatic heterocycles. The summed E-state index contributed by atoms with van der Waals surface area (Å²) >= 11 is 0. The maximum absolute atomic E-state index is 12.8. The van der Waals surface area contributed by atoms with E-state index in [9.17, 15) is 13.2 Å². The number of carbonyl (C=O) groups excluding carboxylic acids is 1. The van der Waals surface area contributed by atoms with Gasteiger partial charge in [-0.2, -0.15) is 5.10 Å². The van der Waals surface area contributed by atoms with E-state index in [0.717, 1.165) is 0 Å². The van der Waals surface area contributed by atoms with Crippen LogP contribution in [-0.4, -0.2) is 31.2 Å². The molecule has 0 aliphatic heterocycles. The summed E-state index contributed by atoms with van der Waals surface area (Å²) in [6, 6.07) is 4.70. The fourth-order valence-corrected chi connectivity index (χ4v) is 3.91. The van der Waals surface area contributed by atoms with Crippen LogP contribution in [0.3, 0.4) is 0 Å². The van der Waals surface area contributed by atoms with Gasteiger partial charge in [-0.05, 0) is 32.0 Å². The third-order valence-electron chi connectivity index (χ3n) is 3.48. The summed E-state index contributed by atoms with van der Waals surface area (Å²) in [4.78, 5) is 11.3. The van der Waals surface area contributed by atoms with Gasteiger partial charge in [0.15, 0.2) is 0 Å². The quantitative estimate of drug-likeness (QED) is 0.854. The lowest BCUT2D eigenvalue weighted by Crippen LogP contribution is -2.16. The minimum Gasteiger partial charge on any atom is -0.495 e. The van der Waals surface area contributed by atoms with Crippen LogP contribution in [0.1, 0.15) is 18.3 Å². The van der Waals surface area contributed by atoms with Crippen molar-refractivity contribution in [3.63, 3.8) is 0 Å². The van der Waals surface area contributed by atoms with Gasteiger partial charge >= 0.3 is 0 Å². The molecule has 2 rings (SSSR count). The maximum Gasteiger partial charge on any atom is 0.265 e. The van der Waals surface area contributed by atoms with Gasteiger partial charge < -0.3 is 10.1 Å². The highest BCUT2D eigenvalue weighted by molar-refractivity contribution is 7.92. The first-order valence-electron chi connectivity index (χ1n) is 7.14. The van der Waals surface area contributed by atoms with Gasteiger partial charge in [0.1, 0.15) is 10.6 Å². The predicted molar refractivity (Wildman–Crippen MR) is 90.8 cm³/mol. The molecule has 1 amide bonds. The molecule has 8 nitrogen and oxygen atoms in total. The smallest absolute Gasteiger partial charge is 0.265 e. The number of anilines is 2. The molecule has 130 valence electrons. The number of amides is 1. The summed E-state index contributed by atoms with van der Waals surface area (Å²) in [6.45, 7) is 4.68. The van der Waals surface area contributed by atoms with Crippen molar-refractivity contribution in [2.75, 3.05) is 17.1 Å². The number of nitrogens with one attached hydrogen (secondary N) is 2. The largest absolute Gasteiger partial charge is 0.495 e. The monoisotopic (exact) mass is 352 g/mol. The molecule has 1 heterocycles. The zero-order chi connectivity index (χ0) is 18.1. The van der Waals surface area contributed by atoms with Crippen LogP contribution < -0.4 is 14.8 Å². The second kappa shape index (κ2) is 6.52. The van der Waals surface area contributed by atoms with Gasteiger partial charge in [-0.25, -0.2) is 8.42 Å². The molecule has 0 fully saturated rings. The van der Waals surface area contributed by atoms with E-state index >= 15 is 0 Å². The molecule has 0 aliphatic rings. The van der Waals surface area contributed by atoms with E-state index in [1.807, 2.05) is 0 Å². The molecular formula is C15H20N4O4S. The summed E-state index contributed by atoms with van der Waals surface area (Å²) < 4.78 is 34.7. The van der Waals surface area contributed by atoms with Crippen LogP contribution in [0.5, 0.6) is 5.75 Å². The molecule has 0 atom stereocenters. The molecule has 0 radical (unpaired) electrons. The molecule has 9 heteroatoms. The Labute approximate surface area is 140 Å². The molecule has 0 unspecified atom stereocenters. The van der Waals surface area contributed by atoms with E-state index in [1.165, 1.54) is 24.8 Å². The van der Waals surface area contributed by atoms with Gasteiger partial charge in [-0.15, -0.1) is 0 Å². The fourth-order valence-electron chi connectivity index (χ4n) is 2.41. The Morgan fingerprint density at radius 2 is 1.96 bits per heavy atom. The van der Waals surface area contributed by atoms with Crippen LogP contribution in [0.25, 0.3) is 0 Å². The normalized spacial score (nSPS) is 11.2. The van der Waals surface area contributed by atoms with Crippen molar-refractivity contribution in [3.8, 4) is 5.75 Å². The van der Waals surface area contributed by atoms with Crippen LogP contribution in [0.15, 0.2) is 23.1 Å². The number of methoxy groups -OCH3 is 1. The highest BCUT2D eigenvalue weighted by atomic mass is 32.2. The Hall–Kier alpha value is -2.55. The minimum absolute atomic E-state index is 0.122. The number of aromatic nitrogens is 2. The van der Waals surface area contributed by atoms with E-state index < -0.39 is 10.0 Å². The van der Waals surface area contributed by atoms with E-state index in [-0.39, 0.29) is 16.5 Å². The fraction of sp³-hybridized carbons (Fsp3) is 0.333. The molecule has 1 aromatic carbocycles. The van der Waals surface area contributed by atoms with Crippen molar-refractivity contribution >= 4 is 27.3 Å².